The predicted octanol–water partition coefficient (Wildman–Crippen LogP) is 3.26. The van der Waals surface area contributed by atoms with Gasteiger partial charge < -0.3 is 19.7 Å². The molecule has 2 aromatic carbocycles. The summed E-state index contributed by atoms with van der Waals surface area (Å²) in [4.78, 5) is 26.4. The molecule has 1 heterocycles. The molecule has 0 aromatic heterocycles. The highest BCUT2D eigenvalue weighted by Gasteiger charge is 2.23. The van der Waals surface area contributed by atoms with E-state index in [1.165, 1.54) is 5.56 Å². The number of nitrogens with zero attached hydrogens (tertiary/aromatic N) is 1. The molecule has 1 saturated heterocycles. The lowest BCUT2D eigenvalue weighted by Crippen LogP contribution is -2.47. The summed E-state index contributed by atoms with van der Waals surface area (Å²) in [5, 5.41) is 3.01. The van der Waals surface area contributed by atoms with Gasteiger partial charge in [0.25, 0.3) is 5.91 Å². The SMILES string of the molecule is Cc1ccc(OCC(=O)NC2CCN(C(=O)CCOc3ccccc3)CC2)cc1C. The molecule has 0 atom stereocenters. The summed E-state index contributed by atoms with van der Waals surface area (Å²) < 4.78 is 11.2. The molecule has 30 heavy (non-hydrogen) atoms. The maximum atomic E-state index is 12.4. The summed E-state index contributed by atoms with van der Waals surface area (Å²) in [6, 6.07) is 15.4. The average Bonchev–Trinajstić information content (AvgIpc) is 2.76. The van der Waals surface area contributed by atoms with Crippen LogP contribution < -0.4 is 14.8 Å². The van der Waals surface area contributed by atoms with E-state index in [0.29, 0.717) is 31.9 Å². The van der Waals surface area contributed by atoms with Crippen LogP contribution in [0.5, 0.6) is 11.5 Å². The van der Waals surface area contributed by atoms with E-state index in [0.717, 1.165) is 24.2 Å². The Morgan fingerprint density at radius 3 is 2.40 bits per heavy atom. The Morgan fingerprint density at radius 2 is 1.70 bits per heavy atom. The number of nitrogens with one attached hydrogen (secondary N) is 1. The Hall–Kier alpha value is -3.02. The van der Waals surface area contributed by atoms with E-state index in [1.807, 2.05) is 67.3 Å². The molecule has 0 radical (unpaired) electrons. The fourth-order valence-electron chi connectivity index (χ4n) is 3.43. The van der Waals surface area contributed by atoms with Gasteiger partial charge in [0.2, 0.25) is 5.91 Å². The van der Waals surface area contributed by atoms with E-state index in [-0.39, 0.29) is 24.5 Å². The number of ether oxygens (including phenoxy) is 2. The summed E-state index contributed by atoms with van der Waals surface area (Å²) in [5.74, 6) is 1.43. The van der Waals surface area contributed by atoms with Crippen LogP contribution in [0.2, 0.25) is 0 Å². The number of hydrogen-bond donors (Lipinski definition) is 1. The van der Waals surface area contributed by atoms with Gasteiger partial charge in [-0.15, -0.1) is 0 Å². The van der Waals surface area contributed by atoms with E-state index < -0.39 is 0 Å². The van der Waals surface area contributed by atoms with Crippen LogP contribution in [0.1, 0.15) is 30.4 Å². The van der Waals surface area contributed by atoms with E-state index in [2.05, 4.69) is 5.32 Å². The molecule has 0 unspecified atom stereocenters. The van der Waals surface area contributed by atoms with Crippen LogP contribution in [0.15, 0.2) is 48.5 Å². The fourth-order valence-corrected chi connectivity index (χ4v) is 3.43. The van der Waals surface area contributed by atoms with Crippen LogP contribution in [-0.4, -0.2) is 49.1 Å². The highest BCUT2D eigenvalue weighted by Crippen LogP contribution is 2.17. The van der Waals surface area contributed by atoms with Crippen LogP contribution in [0.4, 0.5) is 0 Å². The van der Waals surface area contributed by atoms with Crippen LogP contribution in [-0.2, 0) is 9.59 Å². The maximum absolute atomic E-state index is 12.4. The molecular weight excluding hydrogens is 380 g/mol. The van der Waals surface area contributed by atoms with Crippen molar-refractivity contribution in [3.8, 4) is 11.5 Å². The molecule has 0 spiro atoms. The topological polar surface area (TPSA) is 67.9 Å². The molecule has 2 amide bonds. The molecule has 0 bridgehead atoms. The molecule has 1 N–H and O–H groups in total. The Balaban J connectivity index is 1.33. The Bertz CT molecular complexity index is 846. The third kappa shape index (κ3) is 6.51. The van der Waals surface area contributed by atoms with Crippen molar-refractivity contribution in [1.82, 2.24) is 10.2 Å². The minimum atomic E-state index is -0.130. The quantitative estimate of drug-likeness (QED) is 0.725. The van der Waals surface area contributed by atoms with Gasteiger partial charge in [-0.2, -0.15) is 0 Å². The van der Waals surface area contributed by atoms with Crippen molar-refractivity contribution in [2.45, 2.75) is 39.2 Å². The number of carbonyl (C=O) groups excluding carboxylic acids is 2. The fraction of sp³-hybridized carbons (Fsp3) is 0.417. The average molecular weight is 411 g/mol. The van der Waals surface area contributed by atoms with Crippen molar-refractivity contribution in [3.05, 3.63) is 59.7 Å². The lowest BCUT2D eigenvalue weighted by molar-refractivity contribution is -0.133. The number of amides is 2. The summed E-state index contributed by atoms with van der Waals surface area (Å²) >= 11 is 0. The largest absolute Gasteiger partial charge is 0.493 e. The molecule has 3 rings (SSSR count). The number of likely N-dealkylation sites (tertiary alicyclic amines) is 1. The molecule has 160 valence electrons. The van der Waals surface area contributed by atoms with Crippen molar-refractivity contribution in [3.63, 3.8) is 0 Å². The molecule has 0 aliphatic carbocycles. The first-order chi connectivity index (χ1) is 14.5. The van der Waals surface area contributed by atoms with E-state index in [1.54, 1.807) is 0 Å². The highest BCUT2D eigenvalue weighted by molar-refractivity contribution is 5.78. The van der Waals surface area contributed by atoms with Crippen molar-refractivity contribution in [2.24, 2.45) is 0 Å². The van der Waals surface area contributed by atoms with Crippen LogP contribution in [0.25, 0.3) is 0 Å². The number of para-hydroxylation sites is 1. The minimum absolute atomic E-state index is 0.00152. The van der Waals surface area contributed by atoms with Gasteiger partial charge in [0, 0.05) is 19.1 Å². The number of carbonyl (C=O) groups is 2. The first-order valence-corrected chi connectivity index (χ1v) is 10.5. The van der Waals surface area contributed by atoms with Gasteiger partial charge in [-0.3, -0.25) is 9.59 Å². The second-order valence-electron chi connectivity index (χ2n) is 7.67. The molecular formula is C24H30N2O4. The number of benzene rings is 2. The predicted molar refractivity (Wildman–Crippen MR) is 116 cm³/mol. The van der Waals surface area contributed by atoms with Gasteiger partial charge in [0.05, 0.1) is 13.0 Å². The van der Waals surface area contributed by atoms with Crippen LogP contribution in [0, 0.1) is 13.8 Å². The van der Waals surface area contributed by atoms with Crippen LogP contribution >= 0.6 is 0 Å². The number of aryl methyl sites for hydroxylation is 2. The normalized spacial score (nSPS) is 14.3. The molecule has 1 aliphatic heterocycles. The van der Waals surface area contributed by atoms with Gasteiger partial charge in [-0.1, -0.05) is 24.3 Å². The first kappa shape index (κ1) is 21.7. The van der Waals surface area contributed by atoms with Crippen molar-refractivity contribution in [1.29, 1.82) is 0 Å². The van der Waals surface area contributed by atoms with Crippen molar-refractivity contribution >= 4 is 11.8 Å². The first-order valence-electron chi connectivity index (χ1n) is 10.5. The number of rotatable bonds is 8. The number of piperidine rings is 1. The Kier molecular flexibility index (Phi) is 7.71. The van der Waals surface area contributed by atoms with Gasteiger partial charge >= 0.3 is 0 Å². The molecule has 1 aliphatic rings. The molecule has 6 heteroatoms. The zero-order valence-corrected chi connectivity index (χ0v) is 17.7. The van der Waals surface area contributed by atoms with Gasteiger partial charge in [0.15, 0.2) is 6.61 Å². The highest BCUT2D eigenvalue weighted by atomic mass is 16.5. The lowest BCUT2D eigenvalue weighted by Gasteiger charge is -2.32. The maximum Gasteiger partial charge on any atom is 0.258 e. The van der Waals surface area contributed by atoms with Crippen molar-refractivity contribution in [2.75, 3.05) is 26.3 Å². The zero-order valence-electron chi connectivity index (χ0n) is 17.7. The van der Waals surface area contributed by atoms with E-state index in [4.69, 9.17) is 9.47 Å². The van der Waals surface area contributed by atoms with Crippen LogP contribution in [0.3, 0.4) is 0 Å². The second-order valence-corrected chi connectivity index (χ2v) is 7.67. The van der Waals surface area contributed by atoms with E-state index in [9.17, 15) is 9.59 Å². The monoisotopic (exact) mass is 410 g/mol. The minimum Gasteiger partial charge on any atom is -0.493 e. The van der Waals surface area contributed by atoms with Gasteiger partial charge in [-0.25, -0.2) is 0 Å². The summed E-state index contributed by atoms with van der Waals surface area (Å²) in [6.07, 6.45) is 1.86. The molecule has 2 aromatic rings. The Labute approximate surface area is 178 Å². The van der Waals surface area contributed by atoms with E-state index >= 15 is 0 Å². The number of hydrogen-bond acceptors (Lipinski definition) is 4. The zero-order chi connectivity index (χ0) is 21.3. The summed E-state index contributed by atoms with van der Waals surface area (Å²) in [6.45, 7) is 5.72. The molecule has 6 nitrogen and oxygen atoms in total. The lowest BCUT2D eigenvalue weighted by atomic mass is 10.0. The van der Waals surface area contributed by atoms with Gasteiger partial charge in [0.1, 0.15) is 11.5 Å². The smallest absolute Gasteiger partial charge is 0.258 e. The second kappa shape index (κ2) is 10.7. The molecule has 0 saturated carbocycles. The standard InChI is InChI=1S/C24H30N2O4/c1-18-8-9-22(16-19(18)2)30-17-23(27)25-20-10-13-26(14-11-20)24(28)12-15-29-21-6-4-3-5-7-21/h3-9,16,20H,10-15,17H2,1-2H3,(H,25,27). The summed E-state index contributed by atoms with van der Waals surface area (Å²) in [5.41, 5.74) is 2.33. The third-order valence-electron chi connectivity index (χ3n) is 5.39. The van der Waals surface area contributed by atoms with Gasteiger partial charge in [-0.05, 0) is 62.1 Å². The van der Waals surface area contributed by atoms with Crippen molar-refractivity contribution < 1.29 is 19.1 Å². The Morgan fingerprint density at radius 1 is 0.967 bits per heavy atom. The third-order valence-corrected chi connectivity index (χ3v) is 5.39. The summed E-state index contributed by atoms with van der Waals surface area (Å²) in [7, 11) is 0. The molecule has 1 fully saturated rings.